The van der Waals surface area contributed by atoms with Gasteiger partial charge in [-0.3, -0.25) is 9.36 Å². The van der Waals surface area contributed by atoms with Gasteiger partial charge in [0.1, 0.15) is 4.83 Å². The Kier molecular flexibility index (Phi) is 3.84. The Balaban J connectivity index is 2.29. The van der Waals surface area contributed by atoms with Gasteiger partial charge in [0.2, 0.25) is 0 Å². The number of carbonyl (C=O) groups excluding carboxylic acids is 1. The van der Waals surface area contributed by atoms with Gasteiger partial charge in [0.05, 0.1) is 24.2 Å². The molecule has 1 aromatic carbocycles. The number of nitrogens with zero attached hydrogens (tertiary/aromatic N) is 2. The number of thiophene rings is 1. The van der Waals surface area contributed by atoms with Crippen LogP contribution in [0.5, 0.6) is 0 Å². The number of aliphatic carboxylic acids is 1. The van der Waals surface area contributed by atoms with Crippen molar-refractivity contribution >= 4 is 43.5 Å². The first-order valence-corrected chi connectivity index (χ1v) is 8.02. The zero-order valence-electron chi connectivity index (χ0n) is 11.5. The molecule has 3 rings (SSSR count). The van der Waals surface area contributed by atoms with Crippen molar-refractivity contribution in [3.8, 4) is 11.1 Å². The fourth-order valence-electron chi connectivity index (χ4n) is 2.35. The Bertz CT molecular complexity index is 928. The van der Waals surface area contributed by atoms with Crippen molar-refractivity contribution in [2.45, 2.75) is 13.5 Å². The van der Waals surface area contributed by atoms with Gasteiger partial charge in [0.25, 0.3) is 5.56 Å². The second-order valence-corrected chi connectivity index (χ2v) is 6.89. The normalized spacial score (nSPS) is 11.0. The zero-order valence-corrected chi connectivity index (χ0v) is 13.9. The Morgan fingerprint density at radius 1 is 1.36 bits per heavy atom. The Labute approximate surface area is 138 Å². The first kappa shape index (κ1) is 14.9. The molecule has 22 heavy (non-hydrogen) atoms. The van der Waals surface area contributed by atoms with Crippen LogP contribution in [0.4, 0.5) is 0 Å². The number of carboxylic acid groups (broad SMARTS) is 1. The van der Waals surface area contributed by atoms with E-state index in [0.717, 1.165) is 25.0 Å². The third-order valence-electron chi connectivity index (χ3n) is 3.29. The van der Waals surface area contributed by atoms with E-state index in [1.54, 1.807) is 0 Å². The van der Waals surface area contributed by atoms with Gasteiger partial charge in [-0.05, 0) is 24.6 Å². The van der Waals surface area contributed by atoms with Crippen LogP contribution in [0.1, 0.15) is 4.88 Å². The number of rotatable bonds is 3. The number of halogens is 1. The van der Waals surface area contributed by atoms with E-state index in [0.29, 0.717) is 10.2 Å². The van der Waals surface area contributed by atoms with Crippen LogP contribution < -0.4 is 10.7 Å². The van der Waals surface area contributed by atoms with Gasteiger partial charge in [-0.25, -0.2) is 4.98 Å². The third kappa shape index (κ3) is 2.57. The van der Waals surface area contributed by atoms with Gasteiger partial charge in [0, 0.05) is 14.9 Å². The van der Waals surface area contributed by atoms with E-state index in [2.05, 4.69) is 20.9 Å². The number of carbonyl (C=O) groups is 1. The van der Waals surface area contributed by atoms with E-state index < -0.39 is 12.5 Å². The molecule has 0 amide bonds. The number of carboxylic acids is 1. The van der Waals surface area contributed by atoms with Crippen LogP contribution in [0, 0.1) is 6.92 Å². The third-order valence-corrected chi connectivity index (χ3v) is 4.83. The highest BCUT2D eigenvalue weighted by Crippen LogP contribution is 2.35. The molecule has 112 valence electrons. The molecular weight excluding hydrogens is 368 g/mol. The van der Waals surface area contributed by atoms with Crippen molar-refractivity contribution in [1.29, 1.82) is 0 Å². The van der Waals surface area contributed by atoms with Gasteiger partial charge in [0.15, 0.2) is 0 Å². The minimum absolute atomic E-state index is 0.364. The second kappa shape index (κ2) is 5.66. The van der Waals surface area contributed by atoms with Crippen molar-refractivity contribution in [2.75, 3.05) is 0 Å². The summed E-state index contributed by atoms with van der Waals surface area (Å²) in [6.07, 6.45) is 1.25. The quantitative estimate of drug-likeness (QED) is 0.698. The maximum atomic E-state index is 12.6. The van der Waals surface area contributed by atoms with E-state index in [9.17, 15) is 14.7 Å². The lowest BCUT2D eigenvalue weighted by Crippen LogP contribution is -2.32. The van der Waals surface area contributed by atoms with Crippen LogP contribution in [0.2, 0.25) is 0 Å². The summed E-state index contributed by atoms with van der Waals surface area (Å²) in [6, 6.07) is 7.62. The number of aryl methyl sites for hydroxylation is 1. The fraction of sp³-hybridized carbons (Fsp3) is 0.133. The molecule has 3 aromatic rings. The minimum atomic E-state index is -1.32. The van der Waals surface area contributed by atoms with E-state index >= 15 is 0 Å². The second-order valence-electron chi connectivity index (χ2n) is 4.77. The molecule has 0 spiro atoms. The average Bonchev–Trinajstić information content (AvgIpc) is 2.80. The lowest BCUT2D eigenvalue weighted by molar-refractivity contribution is -0.306. The van der Waals surface area contributed by atoms with Crippen molar-refractivity contribution in [1.82, 2.24) is 9.55 Å². The van der Waals surface area contributed by atoms with Gasteiger partial charge in [-0.2, -0.15) is 0 Å². The molecule has 2 heterocycles. The Morgan fingerprint density at radius 3 is 2.68 bits per heavy atom. The lowest BCUT2D eigenvalue weighted by Gasteiger charge is -2.07. The van der Waals surface area contributed by atoms with E-state index in [-0.39, 0.29) is 5.56 Å². The summed E-state index contributed by atoms with van der Waals surface area (Å²) in [5, 5.41) is 11.2. The number of benzene rings is 1. The summed E-state index contributed by atoms with van der Waals surface area (Å²) in [4.78, 5) is 29.1. The van der Waals surface area contributed by atoms with Crippen molar-refractivity contribution < 1.29 is 9.90 Å². The fourth-order valence-corrected chi connectivity index (χ4v) is 3.62. The molecule has 0 bridgehead atoms. The standard InChI is InChI=1S/C15H11BrN2O3S/c1-8-12(9-2-4-10(16)5-3-9)13-14(22-8)17-7-18(15(13)21)6-11(19)20/h2-5,7H,6H2,1H3,(H,19,20)/p-1. The number of hydrogen-bond acceptors (Lipinski definition) is 5. The average molecular weight is 378 g/mol. The molecule has 0 N–H and O–H groups in total. The monoisotopic (exact) mass is 377 g/mol. The molecule has 0 unspecified atom stereocenters. The summed E-state index contributed by atoms with van der Waals surface area (Å²) in [6.45, 7) is 1.42. The van der Waals surface area contributed by atoms with E-state index in [1.165, 1.54) is 17.7 Å². The molecular formula is C15H10BrN2O3S-. The molecule has 0 aliphatic heterocycles. The van der Waals surface area contributed by atoms with Gasteiger partial charge in [-0.15, -0.1) is 11.3 Å². The molecule has 7 heteroatoms. The predicted molar refractivity (Wildman–Crippen MR) is 86.8 cm³/mol. The molecule has 0 saturated heterocycles. The maximum Gasteiger partial charge on any atom is 0.263 e. The van der Waals surface area contributed by atoms with Crippen LogP contribution in [-0.4, -0.2) is 15.5 Å². The van der Waals surface area contributed by atoms with Crippen LogP contribution in [0.25, 0.3) is 21.3 Å². The highest BCUT2D eigenvalue weighted by molar-refractivity contribution is 9.10. The van der Waals surface area contributed by atoms with Crippen LogP contribution in [0.3, 0.4) is 0 Å². The maximum absolute atomic E-state index is 12.6. The van der Waals surface area contributed by atoms with Crippen molar-refractivity contribution in [2.24, 2.45) is 0 Å². The Hall–Kier alpha value is -1.99. The highest BCUT2D eigenvalue weighted by atomic mass is 79.9. The van der Waals surface area contributed by atoms with Gasteiger partial charge >= 0.3 is 0 Å². The van der Waals surface area contributed by atoms with Crippen LogP contribution in [0.15, 0.2) is 39.9 Å². The first-order chi connectivity index (χ1) is 10.5. The summed E-state index contributed by atoms with van der Waals surface area (Å²) < 4.78 is 2.01. The van der Waals surface area contributed by atoms with E-state index in [4.69, 9.17) is 0 Å². The summed E-state index contributed by atoms with van der Waals surface area (Å²) in [5.74, 6) is -1.32. The van der Waals surface area contributed by atoms with Gasteiger partial charge < -0.3 is 9.90 Å². The minimum Gasteiger partial charge on any atom is -0.548 e. The lowest BCUT2D eigenvalue weighted by atomic mass is 10.0. The Morgan fingerprint density at radius 2 is 2.05 bits per heavy atom. The summed E-state index contributed by atoms with van der Waals surface area (Å²) in [7, 11) is 0. The molecule has 2 aromatic heterocycles. The molecule has 0 fully saturated rings. The highest BCUT2D eigenvalue weighted by Gasteiger charge is 2.16. The molecule has 0 atom stereocenters. The molecule has 0 aliphatic carbocycles. The van der Waals surface area contributed by atoms with Crippen LogP contribution in [-0.2, 0) is 11.3 Å². The number of fused-ring (bicyclic) bond motifs is 1. The first-order valence-electron chi connectivity index (χ1n) is 6.41. The number of hydrogen-bond donors (Lipinski definition) is 0. The smallest absolute Gasteiger partial charge is 0.263 e. The molecule has 0 aliphatic rings. The van der Waals surface area contributed by atoms with Crippen molar-refractivity contribution in [3.05, 3.63) is 50.3 Å². The molecule has 5 nitrogen and oxygen atoms in total. The SMILES string of the molecule is Cc1sc2ncn(CC(=O)[O-])c(=O)c2c1-c1ccc(Br)cc1. The number of aromatic nitrogens is 2. The van der Waals surface area contributed by atoms with Crippen LogP contribution >= 0.6 is 27.3 Å². The summed E-state index contributed by atoms with van der Waals surface area (Å²) in [5.41, 5.74) is 1.34. The topological polar surface area (TPSA) is 75.0 Å². The van der Waals surface area contributed by atoms with Crippen molar-refractivity contribution in [3.63, 3.8) is 0 Å². The zero-order chi connectivity index (χ0) is 15.9. The van der Waals surface area contributed by atoms with Gasteiger partial charge in [-0.1, -0.05) is 28.1 Å². The summed E-state index contributed by atoms with van der Waals surface area (Å²) >= 11 is 4.80. The van der Waals surface area contributed by atoms with E-state index in [1.807, 2.05) is 31.2 Å². The molecule has 0 radical (unpaired) electrons. The largest absolute Gasteiger partial charge is 0.548 e. The predicted octanol–water partition coefficient (Wildman–Crippen LogP) is 1.95. The molecule has 0 saturated carbocycles.